The standard InChI is InChI=1S/C19H18Cl2N2O3S3/c1-27-10-9-23-16-7-4-14(21)12-17(16)28-19(23)22-18(24)8-11-29(25,26)15-5-2-13(20)3-6-15/h2-7,12H,8-11H2,1H3. The number of thiazole rings is 1. The van der Waals surface area contributed by atoms with Crippen LogP contribution in [0, 0.1) is 0 Å². The normalized spacial score (nSPS) is 12.6. The van der Waals surface area contributed by atoms with Gasteiger partial charge >= 0.3 is 0 Å². The van der Waals surface area contributed by atoms with Gasteiger partial charge in [-0.15, -0.1) is 0 Å². The van der Waals surface area contributed by atoms with Gasteiger partial charge in [0.25, 0.3) is 0 Å². The van der Waals surface area contributed by atoms with Crippen molar-refractivity contribution in [2.45, 2.75) is 17.9 Å². The number of amides is 1. The van der Waals surface area contributed by atoms with Crippen LogP contribution in [0.5, 0.6) is 0 Å². The van der Waals surface area contributed by atoms with Crippen LogP contribution >= 0.6 is 46.3 Å². The molecule has 3 aromatic rings. The fourth-order valence-electron chi connectivity index (χ4n) is 2.68. The molecule has 5 nitrogen and oxygen atoms in total. The molecule has 10 heteroatoms. The van der Waals surface area contributed by atoms with E-state index in [4.69, 9.17) is 23.2 Å². The lowest BCUT2D eigenvalue weighted by Crippen LogP contribution is -2.19. The van der Waals surface area contributed by atoms with E-state index < -0.39 is 15.7 Å². The summed E-state index contributed by atoms with van der Waals surface area (Å²) in [4.78, 5) is 17.3. The summed E-state index contributed by atoms with van der Waals surface area (Å²) in [5.74, 6) is 0.0809. The molecule has 0 fully saturated rings. The summed E-state index contributed by atoms with van der Waals surface area (Å²) < 4.78 is 27.8. The maximum atomic E-state index is 12.4. The molecule has 0 bridgehead atoms. The van der Waals surface area contributed by atoms with Crippen molar-refractivity contribution >= 4 is 72.3 Å². The fraction of sp³-hybridized carbons (Fsp3) is 0.263. The van der Waals surface area contributed by atoms with Crippen molar-refractivity contribution in [3.63, 3.8) is 0 Å². The summed E-state index contributed by atoms with van der Waals surface area (Å²) in [5, 5.41) is 1.07. The number of nitrogens with zero attached hydrogens (tertiary/aromatic N) is 2. The van der Waals surface area contributed by atoms with Gasteiger partial charge in [-0.25, -0.2) is 8.42 Å². The number of thioether (sulfide) groups is 1. The van der Waals surface area contributed by atoms with Crippen LogP contribution in [0.2, 0.25) is 10.0 Å². The summed E-state index contributed by atoms with van der Waals surface area (Å²) >= 11 is 14.9. The quantitative estimate of drug-likeness (QED) is 0.484. The van der Waals surface area contributed by atoms with Crippen LogP contribution in [0.1, 0.15) is 6.42 Å². The molecule has 0 atom stereocenters. The van der Waals surface area contributed by atoms with Crippen molar-refractivity contribution in [3.8, 4) is 0 Å². The number of rotatable bonds is 7. The molecule has 0 aliphatic heterocycles. The number of halogens is 2. The first kappa shape index (κ1) is 22.4. The van der Waals surface area contributed by atoms with Gasteiger partial charge in [0, 0.05) is 28.8 Å². The van der Waals surface area contributed by atoms with Crippen LogP contribution in [-0.4, -0.2) is 36.7 Å². The van der Waals surface area contributed by atoms with Crippen LogP contribution in [0.3, 0.4) is 0 Å². The number of hydrogen-bond acceptors (Lipinski definition) is 5. The van der Waals surface area contributed by atoms with Gasteiger partial charge in [-0.05, 0) is 48.7 Å². The van der Waals surface area contributed by atoms with E-state index in [1.54, 1.807) is 17.8 Å². The van der Waals surface area contributed by atoms with Crippen molar-refractivity contribution in [2.24, 2.45) is 4.99 Å². The molecule has 1 amide bonds. The van der Waals surface area contributed by atoms with Gasteiger partial charge in [-0.3, -0.25) is 4.79 Å². The Morgan fingerprint density at radius 2 is 1.83 bits per heavy atom. The van der Waals surface area contributed by atoms with E-state index in [1.807, 2.05) is 23.0 Å². The van der Waals surface area contributed by atoms with Gasteiger partial charge in [0.1, 0.15) is 0 Å². The number of carbonyl (C=O) groups is 1. The third kappa shape index (κ3) is 5.64. The van der Waals surface area contributed by atoms with Crippen molar-refractivity contribution < 1.29 is 13.2 Å². The first-order chi connectivity index (χ1) is 13.8. The van der Waals surface area contributed by atoms with Gasteiger partial charge in [0.2, 0.25) is 5.91 Å². The zero-order valence-corrected chi connectivity index (χ0v) is 19.4. The van der Waals surface area contributed by atoms with Crippen LogP contribution in [0.15, 0.2) is 52.4 Å². The van der Waals surface area contributed by atoms with Crippen LogP contribution < -0.4 is 4.80 Å². The molecule has 0 aliphatic rings. The molecule has 2 aromatic carbocycles. The lowest BCUT2D eigenvalue weighted by atomic mass is 10.3. The van der Waals surface area contributed by atoms with E-state index in [0.717, 1.165) is 16.0 Å². The monoisotopic (exact) mass is 488 g/mol. The molecular formula is C19H18Cl2N2O3S3. The molecule has 0 unspecified atom stereocenters. The fourth-order valence-corrected chi connectivity index (χ4v) is 5.75. The molecular weight excluding hydrogens is 471 g/mol. The van der Waals surface area contributed by atoms with Gasteiger partial charge < -0.3 is 4.57 Å². The molecule has 0 spiro atoms. The first-order valence-electron chi connectivity index (χ1n) is 8.64. The van der Waals surface area contributed by atoms with E-state index in [1.165, 1.54) is 35.6 Å². The highest BCUT2D eigenvalue weighted by Gasteiger charge is 2.17. The van der Waals surface area contributed by atoms with Gasteiger partial charge in [0.15, 0.2) is 14.6 Å². The second-order valence-electron chi connectivity index (χ2n) is 6.17. The van der Waals surface area contributed by atoms with Crippen LogP contribution in [0.4, 0.5) is 0 Å². The average Bonchev–Trinajstić information content (AvgIpc) is 3.01. The largest absolute Gasteiger partial charge is 0.316 e. The summed E-state index contributed by atoms with van der Waals surface area (Å²) in [6.45, 7) is 0.692. The minimum Gasteiger partial charge on any atom is -0.316 e. The van der Waals surface area contributed by atoms with Gasteiger partial charge in [-0.1, -0.05) is 34.5 Å². The van der Waals surface area contributed by atoms with Crippen molar-refractivity contribution in [1.29, 1.82) is 0 Å². The van der Waals surface area contributed by atoms with E-state index in [9.17, 15) is 13.2 Å². The number of fused-ring (bicyclic) bond motifs is 1. The Morgan fingerprint density at radius 1 is 1.14 bits per heavy atom. The predicted molar refractivity (Wildman–Crippen MR) is 122 cm³/mol. The number of aromatic nitrogens is 1. The Hall–Kier alpha value is -1.32. The number of hydrogen-bond donors (Lipinski definition) is 0. The summed E-state index contributed by atoms with van der Waals surface area (Å²) in [7, 11) is -3.58. The second-order valence-corrected chi connectivity index (χ2v) is 11.1. The maximum absolute atomic E-state index is 12.4. The molecule has 1 heterocycles. The molecule has 0 saturated heterocycles. The highest BCUT2D eigenvalue weighted by Crippen LogP contribution is 2.22. The summed E-state index contributed by atoms with van der Waals surface area (Å²) in [6.07, 6.45) is 1.82. The number of benzene rings is 2. The number of sulfone groups is 1. The average molecular weight is 489 g/mol. The molecule has 0 radical (unpaired) electrons. The van der Waals surface area contributed by atoms with Gasteiger partial charge in [-0.2, -0.15) is 16.8 Å². The molecule has 29 heavy (non-hydrogen) atoms. The zero-order valence-electron chi connectivity index (χ0n) is 15.5. The molecule has 3 rings (SSSR count). The summed E-state index contributed by atoms with van der Waals surface area (Å²) in [6, 6.07) is 11.4. The third-order valence-corrected chi connectivity index (χ3v) is 7.99. The maximum Gasteiger partial charge on any atom is 0.249 e. The Labute approximate surface area is 187 Å². The zero-order chi connectivity index (χ0) is 21.0. The smallest absolute Gasteiger partial charge is 0.249 e. The number of carbonyl (C=O) groups excluding carboxylic acids is 1. The minimum atomic E-state index is -3.58. The van der Waals surface area contributed by atoms with Crippen molar-refractivity contribution in [1.82, 2.24) is 4.57 Å². The lowest BCUT2D eigenvalue weighted by molar-refractivity contribution is -0.117. The van der Waals surface area contributed by atoms with Gasteiger partial charge in [0.05, 0.1) is 20.9 Å². The highest BCUT2D eigenvalue weighted by atomic mass is 35.5. The first-order valence-corrected chi connectivity index (χ1v) is 13.3. The third-order valence-electron chi connectivity index (χ3n) is 4.14. The lowest BCUT2D eigenvalue weighted by Gasteiger charge is -2.04. The minimum absolute atomic E-state index is 0.140. The van der Waals surface area contributed by atoms with Crippen LogP contribution in [-0.2, 0) is 21.2 Å². The Morgan fingerprint density at radius 3 is 2.52 bits per heavy atom. The molecule has 1 aromatic heterocycles. The Bertz CT molecular complexity index is 1200. The Balaban J connectivity index is 1.84. The second kappa shape index (κ2) is 9.66. The van der Waals surface area contributed by atoms with E-state index >= 15 is 0 Å². The molecule has 0 N–H and O–H groups in total. The predicted octanol–water partition coefficient (Wildman–Crippen LogP) is 4.66. The number of aryl methyl sites for hydroxylation is 1. The molecule has 0 aliphatic carbocycles. The SMILES string of the molecule is CSCCn1c(=NC(=O)CCS(=O)(=O)c2ccc(Cl)cc2)sc2cc(Cl)ccc21. The Kier molecular flexibility index (Phi) is 7.45. The highest BCUT2D eigenvalue weighted by molar-refractivity contribution is 7.98. The topological polar surface area (TPSA) is 68.5 Å². The van der Waals surface area contributed by atoms with E-state index in [-0.39, 0.29) is 17.1 Å². The van der Waals surface area contributed by atoms with E-state index in [2.05, 4.69) is 4.99 Å². The van der Waals surface area contributed by atoms with Crippen LogP contribution in [0.25, 0.3) is 10.2 Å². The van der Waals surface area contributed by atoms with Crippen molar-refractivity contribution in [3.05, 3.63) is 57.3 Å². The van der Waals surface area contributed by atoms with E-state index in [0.29, 0.717) is 21.4 Å². The molecule has 154 valence electrons. The van der Waals surface area contributed by atoms with Crippen molar-refractivity contribution in [2.75, 3.05) is 17.8 Å². The molecule has 0 saturated carbocycles. The summed E-state index contributed by atoms with van der Waals surface area (Å²) in [5.41, 5.74) is 0.953.